The quantitative estimate of drug-likeness (QED) is 0.765. The Morgan fingerprint density at radius 3 is 1.82 bits per heavy atom. The third-order valence-electron chi connectivity index (χ3n) is 5.68. The van der Waals surface area contributed by atoms with Gasteiger partial charge in [-0.3, -0.25) is 4.90 Å². The molecule has 0 N–H and O–H groups in total. The summed E-state index contributed by atoms with van der Waals surface area (Å²) in [6.45, 7) is 9.28. The normalized spacial score (nSPS) is 23.6. The van der Waals surface area contributed by atoms with Crippen molar-refractivity contribution >= 4 is 6.09 Å². The fraction of sp³-hybridized carbons (Fsp3) is 0.458. The van der Waals surface area contributed by atoms with Gasteiger partial charge < -0.3 is 9.64 Å². The van der Waals surface area contributed by atoms with Gasteiger partial charge in [-0.25, -0.2) is 4.79 Å². The van der Waals surface area contributed by atoms with Gasteiger partial charge in [0.2, 0.25) is 0 Å². The molecule has 0 unspecified atom stereocenters. The van der Waals surface area contributed by atoms with Gasteiger partial charge in [0.1, 0.15) is 5.60 Å². The fourth-order valence-corrected chi connectivity index (χ4v) is 4.41. The number of hydrogen-bond acceptors (Lipinski definition) is 3. The highest BCUT2D eigenvalue weighted by Gasteiger charge is 2.59. The van der Waals surface area contributed by atoms with E-state index in [-0.39, 0.29) is 6.09 Å². The molecule has 1 saturated carbocycles. The molecule has 0 aromatic heterocycles. The van der Waals surface area contributed by atoms with Crippen LogP contribution in [0.1, 0.15) is 31.9 Å². The lowest BCUT2D eigenvalue weighted by Crippen LogP contribution is -2.40. The average molecular weight is 379 g/mol. The van der Waals surface area contributed by atoms with Crippen LogP contribution in [0.15, 0.2) is 60.7 Å². The predicted octanol–water partition coefficient (Wildman–Crippen LogP) is 4.55. The summed E-state index contributed by atoms with van der Waals surface area (Å²) in [5.74, 6) is 1.11. The lowest BCUT2D eigenvalue weighted by Gasteiger charge is -2.29. The molecule has 4 nitrogen and oxygen atoms in total. The van der Waals surface area contributed by atoms with Crippen molar-refractivity contribution in [2.24, 2.45) is 11.8 Å². The van der Waals surface area contributed by atoms with Crippen LogP contribution in [0, 0.1) is 11.8 Å². The monoisotopic (exact) mass is 378 g/mol. The van der Waals surface area contributed by atoms with Gasteiger partial charge in [0.15, 0.2) is 0 Å². The van der Waals surface area contributed by atoms with E-state index in [4.69, 9.17) is 4.74 Å². The predicted molar refractivity (Wildman–Crippen MR) is 111 cm³/mol. The van der Waals surface area contributed by atoms with E-state index in [1.807, 2.05) is 25.7 Å². The Bertz CT molecular complexity index is 747. The Morgan fingerprint density at radius 1 is 0.929 bits per heavy atom. The van der Waals surface area contributed by atoms with Crippen LogP contribution in [0.4, 0.5) is 4.79 Å². The number of rotatable bonds is 5. The minimum absolute atomic E-state index is 0.170. The largest absolute Gasteiger partial charge is 0.444 e. The van der Waals surface area contributed by atoms with Gasteiger partial charge in [0, 0.05) is 32.2 Å². The van der Waals surface area contributed by atoms with Crippen LogP contribution in [0.2, 0.25) is 0 Å². The van der Waals surface area contributed by atoms with E-state index in [0.717, 1.165) is 26.2 Å². The van der Waals surface area contributed by atoms with Crippen molar-refractivity contribution in [3.8, 4) is 0 Å². The van der Waals surface area contributed by atoms with Gasteiger partial charge in [-0.15, -0.1) is 0 Å². The standard InChI is InChI=1S/C24H30N2O2/c1-24(2,3)28-23(27)26-16-20-21(17-26)22(20)25(14-18-10-6-4-7-11-18)15-19-12-8-5-9-13-19/h4-13,20-22H,14-17H2,1-3H3/t20-,21-/m1/s1. The molecular formula is C24H30N2O2. The maximum Gasteiger partial charge on any atom is 0.410 e. The Balaban J connectivity index is 1.42. The van der Waals surface area contributed by atoms with Gasteiger partial charge in [-0.05, 0) is 43.7 Å². The number of hydrogen-bond donors (Lipinski definition) is 0. The van der Waals surface area contributed by atoms with Gasteiger partial charge in [-0.1, -0.05) is 60.7 Å². The van der Waals surface area contributed by atoms with E-state index in [9.17, 15) is 4.79 Å². The fourth-order valence-electron chi connectivity index (χ4n) is 4.41. The number of ether oxygens (including phenoxy) is 1. The van der Waals surface area contributed by atoms with E-state index in [0.29, 0.717) is 17.9 Å². The van der Waals surface area contributed by atoms with Crippen molar-refractivity contribution in [2.75, 3.05) is 13.1 Å². The number of benzene rings is 2. The highest BCUT2D eigenvalue weighted by atomic mass is 16.6. The third-order valence-corrected chi connectivity index (χ3v) is 5.68. The van der Waals surface area contributed by atoms with Crippen LogP contribution in [-0.4, -0.2) is 40.6 Å². The summed E-state index contributed by atoms with van der Waals surface area (Å²) in [6, 6.07) is 21.9. The molecule has 2 aromatic rings. The lowest BCUT2D eigenvalue weighted by molar-refractivity contribution is 0.0253. The Labute approximate surface area is 168 Å². The minimum Gasteiger partial charge on any atom is -0.444 e. The van der Waals surface area contributed by atoms with Gasteiger partial charge in [0.05, 0.1) is 0 Å². The van der Waals surface area contributed by atoms with Crippen molar-refractivity contribution in [1.29, 1.82) is 0 Å². The molecule has 2 aromatic carbocycles. The number of piperidine rings is 1. The second-order valence-corrected chi connectivity index (χ2v) is 9.08. The average Bonchev–Trinajstić information content (AvgIpc) is 3.14. The number of fused-ring (bicyclic) bond motifs is 1. The summed E-state index contributed by atoms with van der Waals surface area (Å²) in [5, 5.41) is 0. The number of nitrogens with zero attached hydrogens (tertiary/aromatic N) is 2. The molecule has 1 aliphatic carbocycles. The van der Waals surface area contributed by atoms with Gasteiger partial charge in [-0.2, -0.15) is 0 Å². The van der Waals surface area contributed by atoms with Crippen molar-refractivity contribution < 1.29 is 9.53 Å². The Kier molecular flexibility index (Phi) is 5.15. The van der Waals surface area contributed by atoms with Crippen LogP contribution in [-0.2, 0) is 17.8 Å². The number of amides is 1. The molecule has 2 aliphatic rings. The summed E-state index contributed by atoms with van der Waals surface area (Å²) in [6.07, 6.45) is -0.170. The highest BCUT2D eigenvalue weighted by Crippen LogP contribution is 2.50. The molecule has 4 rings (SSSR count). The smallest absolute Gasteiger partial charge is 0.410 e. The molecule has 2 atom stereocenters. The SMILES string of the molecule is CC(C)(C)OC(=O)N1C[C@H]2C(N(Cc3ccccc3)Cc3ccccc3)[C@@H]2C1. The van der Waals surface area contributed by atoms with Crippen LogP contribution >= 0.6 is 0 Å². The summed E-state index contributed by atoms with van der Waals surface area (Å²) in [5.41, 5.74) is 2.25. The second kappa shape index (κ2) is 7.59. The number of carbonyl (C=O) groups excluding carboxylic acids is 1. The van der Waals surface area contributed by atoms with E-state index < -0.39 is 5.60 Å². The third kappa shape index (κ3) is 4.39. The molecule has 0 bridgehead atoms. The maximum absolute atomic E-state index is 12.4. The molecule has 0 spiro atoms. The molecular weight excluding hydrogens is 348 g/mol. The van der Waals surface area contributed by atoms with Crippen LogP contribution < -0.4 is 0 Å². The van der Waals surface area contributed by atoms with Gasteiger partial charge >= 0.3 is 6.09 Å². The van der Waals surface area contributed by atoms with Crippen LogP contribution in [0.3, 0.4) is 0 Å². The number of likely N-dealkylation sites (tertiary alicyclic amines) is 1. The van der Waals surface area contributed by atoms with Crippen molar-refractivity contribution in [3.05, 3.63) is 71.8 Å². The molecule has 28 heavy (non-hydrogen) atoms. The first-order valence-electron chi connectivity index (χ1n) is 10.2. The summed E-state index contributed by atoms with van der Waals surface area (Å²) in [7, 11) is 0. The summed E-state index contributed by atoms with van der Waals surface area (Å²) in [4.78, 5) is 16.9. The first-order valence-corrected chi connectivity index (χ1v) is 10.2. The molecule has 0 radical (unpaired) electrons. The Hall–Kier alpha value is -2.33. The van der Waals surface area contributed by atoms with E-state index >= 15 is 0 Å². The van der Waals surface area contributed by atoms with Crippen molar-refractivity contribution in [2.45, 2.75) is 45.5 Å². The van der Waals surface area contributed by atoms with E-state index in [1.165, 1.54) is 11.1 Å². The first kappa shape index (κ1) is 19.0. The van der Waals surface area contributed by atoms with Crippen LogP contribution in [0.5, 0.6) is 0 Å². The zero-order chi connectivity index (χ0) is 19.7. The van der Waals surface area contributed by atoms with Crippen LogP contribution in [0.25, 0.3) is 0 Å². The van der Waals surface area contributed by atoms with Gasteiger partial charge in [0.25, 0.3) is 0 Å². The lowest BCUT2D eigenvalue weighted by atomic mass is 10.1. The molecule has 4 heteroatoms. The molecule has 1 amide bonds. The molecule has 1 aliphatic heterocycles. The van der Waals surface area contributed by atoms with Crippen molar-refractivity contribution in [3.63, 3.8) is 0 Å². The molecule has 1 heterocycles. The van der Waals surface area contributed by atoms with E-state index in [1.54, 1.807) is 0 Å². The van der Waals surface area contributed by atoms with E-state index in [2.05, 4.69) is 65.6 Å². The molecule has 148 valence electrons. The number of carbonyl (C=O) groups is 1. The zero-order valence-corrected chi connectivity index (χ0v) is 17.0. The Morgan fingerprint density at radius 2 is 1.39 bits per heavy atom. The minimum atomic E-state index is -0.435. The molecule has 1 saturated heterocycles. The topological polar surface area (TPSA) is 32.8 Å². The zero-order valence-electron chi connectivity index (χ0n) is 17.0. The second-order valence-electron chi connectivity index (χ2n) is 9.08. The molecule has 2 fully saturated rings. The maximum atomic E-state index is 12.4. The summed E-state index contributed by atoms with van der Waals surface area (Å²) < 4.78 is 5.55. The summed E-state index contributed by atoms with van der Waals surface area (Å²) >= 11 is 0. The first-order chi connectivity index (χ1) is 13.4. The highest BCUT2D eigenvalue weighted by molar-refractivity contribution is 5.69. The van der Waals surface area contributed by atoms with Crippen molar-refractivity contribution in [1.82, 2.24) is 9.80 Å².